The molecule has 0 saturated heterocycles. The van der Waals surface area contributed by atoms with E-state index >= 15 is 0 Å². The molecule has 1 aromatic heterocycles. The second-order valence-electron chi connectivity index (χ2n) is 5.12. The molecule has 5 nitrogen and oxygen atoms in total. The Bertz CT molecular complexity index is 490. The molecule has 0 radical (unpaired) electrons. The lowest BCUT2D eigenvalue weighted by Crippen LogP contribution is -2.57. The van der Waals surface area contributed by atoms with Crippen molar-refractivity contribution in [2.24, 2.45) is 5.41 Å². The van der Waals surface area contributed by atoms with E-state index in [2.05, 4.69) is 10.3 Å². The molecule has 3 N–H and O–H groups in total. The van der Waals surface area contributed by atoms with Crippen LogP contribution in [0.15, 0.2) is 12.3 Å². The highest BCUT2D eigenvalue weighted by Gasteiger charge is 2.47. The Labute approximate surface area is 110 Å². The Hall–Kier alpha value is -1.33. The van der Waals surface area contributed by atoms with E-state index < -0.39 is 5.97 Å². The molecule has 1 saturated carbocycles. The molecule has 1 aliphatic carbocycles. The van der Waals surface area contributed by atoms with Crippen LogP contribution in [0.1, 0.15) is 30.6 Å². The van der Waals surface area contributed by atoms with E-state index in [1.54, 1.807) is 0 Å². The zero-order valence-electron chi connectivity index (χ0n) is 10.1. The van der Waals surface area contributed by atoms with Crippen LogP contribution in [0, 0.1) is 5.41 Å². The number of nitrogens with one attached hydrogen (secondary N) is 1. The predicted molar refractivity (Wildman–Crippen MR) is 68.0 cm³/mol. The molecule has 1 aromatic rings. The molecule has 0 spiro atoms. The summed E-state index contributed by atoms with van der Waals surface area (Å²) in [5.74, 6) is -0.625. The van der Waals surface area contributed by atoms with Gasteiger partial charge in [-0.2, -0.15) is 0 Å². The van der Waals surface area contributed by atoms with Gasteiger partial charge in [0.15, 0.2) is 0 Å². The lowest BCUT2D eigenvalue weighted by Gasteiger charge is -2.49. The van der Waals surface area contributed by atoms with Crippen molar-refractivity contribution >= 4 is 23.4 Å². The van der Waals surface area contributed by atoms with Crippen molar-refractivity contribution in [1.29, 1.82) is 0 Å². The fourth-order valence-electron chi connectivity index (χ4n) is 2.01. The van der Waals surface area contributed by atoms with Crippen molar-refractivity contribution in [3.05, 3.63) is 22.8 Å². The monoisotopic (exact) mass is 270 g/mol. The number of carbonyl (C=O) groups is 1. The van der Waals surface area contributed by atoms with Gasteiger partial charge in [0.25, 0.3) is 0 Å². The SMILES string of the molecule is CC1(C)C(O)CC1Nc1cc(C(=O)O)c(Cl)cn1. The Morgan fingerprint density at radius 1 is 1.61 bits per heavy atom. The van der Waals surface area contributed by atoms with Gasteiger partial charge in [-0.3, -0.25) is 0 Å². The maximum absolute atomic E-state index is 10.9. The summed E-state index contributed by atoms with van der Waals surface area (Å²) in [5, 5.41) is 21.8. The molecule has 1 heterocycles. The first-order chi connectivity index (χ1) is 8.32. The van der Waals surface area contributed by atoms with Crippen LogP contribution < -0.4 is 5.32 Å². The van der Waals surface area contributed by atoms with Crippen molar-refractivity contribution < 1.29 is 15.0 Å². The summed E-state index contributed by atoms with van der Waals surface area (Å²) >= 11 is 5.74. The van der Waals surface area contributed by atoms with Crippen LogP contribution in [0.5, 0.6) is 0 Å². The first-order valence-corrected chi connectivity index (χ1v) is 6.03. The van der Waals surface area contributed by atoms with Crippen LogP contribution in [0.2, 0.25) is 5.02 Å². The third-order valence-corrected chi connectivity index (χ3v) is 3.92. The normalized spacial score (nSPS) is 25.3. The Kier molecular flexibility index (Phi) is 3.21. The molecule has 6 heteroatoms. The quantitative estimate of drug-likeness (QED) is 0.783. The van der Waals surface area contributed by atoms with Gasteiger partial charge in [-0.1, -0.05) is 25.4 Å². The van der Waals surface area contributed by atoms with Gasteiger partial charge in [0, 0.05) is 17.7 Å². The smallest absolute Gasteiger partial charge is 0.337 e. The maximum atomic E-state index is 10.9. The van der Waals surface area contributed by atoms with Crippen LogP contribution in [-0.4, -0.2) is 33.3 Å². The lowest BCUT2D eigenvalue weighted by atomic mass is 9.64. The fraction of sp³-hybridized carbons (Fsp3) is 0.500. The van der Waals surface area contributed by atoms with E-state index in [0.717, 1.165) is 0 Å². The Morgan fingerprint density at radius 3 is 2.78 bits per heavy atom. The highest BCUT2D eigenvalue weighted by Crippen LogP contribution is 2.42. The molecule has 0 bridgehead atoms. The van der Waals surface area contributed by atoms with E-state index in [4.69, 9.17) is 16.7 Å². The number of halogens is 1. The average molecular weight is 271 g/mol. The number of aliphatic hydroxyl groups excluding tert-OH is 1. The molecule has 98 valence electrons. The number of aromatic carboxylic acids is 1. The molecule has 2 unspecified atom stereocenters. The topological polar surface area (TPSA) is 82.5 Å². The largest absolute Gasteiger partial charge is 0.478 e. The zero-order valence-corrected chi connectivity index (χ0v) is 10.9. The molecular formula is C12H15ClN2O3. The minimum absolute atomic E-state index is 0.0202. The highest BCUT2D eigenvalue weighted by molar-refractivity contribution is 6.33. The first kappa shape index (κ1) is 13.1. The Morgan fingerprint density at radius 2 is 2.28 bits per heavy atom. The number of hydrogen-bond donors (Lipinski definition) is 3. The third-order valence-electron chi connectivity index (χ3n) is 3.62. The molecule has 0 aromatic carbocycles. The number of carboxylic acids is 1. The summed E-state index contributed by atoms with van der Waals surface area (Å²) in [5.41, 5.74) is -0.225. The lowest BCUT2D eigenvalue weighted by molar-refractivity contribution is -0.0511. The third kappa shape index (κ3) is 2.15. The summed E-state index contributed by atoms with van der Waals surface area (Å²) in [7, 11) is 0. The van der Waals surface area contributed by atoms with Gasteiger partial charge in [0.2, 0.25) is 0 Å². The van der Waals surface area contributed by atoms with Crippen LogP contribution in [0.4, 0.5) is 5.82 Å². The second kappa shape index (κ2) is 4.40. The number of pyridine rings is 1. The number of aromatic nitrogens is 1. The van der Waals surface area contributed by atoms with Crippen LogP contribution >= 0.6 is 11.6 Å². The summed E-state index contributed by atoms with van der Waals surface area (Å²) in [6, 6.07) is 1.48. The maximum Gasteiger partial charge on any atom is 0.337 e. The van der Waals surface area contributed by atoms with Crippen LogP contribution in [0.25, 0.3) is 0 Å². The zero-order chi connectivity index (χ0) is 13.5. The highest BCUT2D eigenvalue weighted by atomic mass is 35.5. The van der Waals surface area contributed by atoms with E-state index in [0.29, 0.717) is 12.2 Å². The number of rotatable bonds is 3. The molecule has 2 rings (SSSR count). The van der Waals surface area contributed by atoms with Crippen molar-refractivity contribution in [2.45, 2.75) is 32.4 Å². The number of carboxylic acid groups (broad SMARTS) is 1. The van der Waals surface area contributed by atoms with Crippen molar-refractivity contribution in [2.75, 3.05) is 5.32 Å². The van der Waals surface area contributed by atoms with Gasteiger partial charge in [0.05, 0.1) is 16.7 Å². The van der Waals surface area contributed by atoms with Crippen molar-refractivity contribution in [1.82, 2.24) is 4.98 Å². The number of aliphatic hydroxyl groups is 1. The van der Waals surface area contributed by atoms with Gasteiger partial charge >= 0.3 is 5.97 Å². The predicted octanol–water partition coefficient (Wildman–Crippen LogP) is 2.00. The molecule has 2 atom stereocenters. The van der Waals surface area contributed by atoms with Crippen LogP contribution in [-0.2, 0) is 0 Å². The van der Waals surface area contributed by atoms with E-state index in [1.165, 1.54) is 12.3 Å². The van der Waals surface area contributed by atoms with Gasteiger partial charge in [-0.05, 0) is 12.5 Å². The summed E-state index contributed by atoms with van der Waals surface area (Å²) in [6.45, 7) is 3.90. The Balaban J connectivity index is 2.16. The number of hydrogen-bond acceptors (Lipinski definition) is 4. The summed E-state index contributed by atoms with van der Waals surface area (Å²) in [6.07, 6.45) is 1.59. The fourth-order valence-corrected chi connectivity index (χ4v) is 2.19. The minimum Gasteiger partial charge on any atom is -0.478 e. The molecule has 1 aliphatic rings. The van der Waals surface area contributed by atoms with Crippen molar-refractivity contribution in [3.63, 3.8) is 0 Å². The molecule has 18 heavy (non-hydrogen) atoms. The summed E-state index contributed by atoms with van der Waals surface area (Å²) < 4.78 is 0. The number of anilines is 1. The average Bonchev–Trinajstić information content (AvgIpc) is 2.30. The molecular weight excluding hydrogens is 256 g/mol. The van der Waals surface area contributed by atoms with Crippen molar-refractivity contribution in [3.8, 4) is 0 Å². The van der Waals surface area contributed by atoms with E-state index in [-0.39, 0.29) is 28.1 Å². The first-order valence-electron chi connectivity index (χ1n) is 5.66. The van der Waals surface area contributed by atoms with Gasteiger partial charge in [-0.25, -0.2) is 9.78 Å². The standard InChI is InChI=1S/C12H15ClN2O3/c1-12(2)8(4-9(12)16)15-10-3-6(11(17)18)7(13)5-14-10/h3,5,8-9,16H,4H2,1-2H3,(H,14,15)(H,17,18). The van der Waals surface area contributed by atoms with Crippen LogP contribution in [0.3, 0.4) is 0 Å². The van der Waals surface area contributed by atoms with E-state index in [1.807, 2.05) is 13.8 Å². The van der Waals surface area contributed by atoms with E-state index in [9.17, 15) is 9.90 Å². The van der Waals surface area contributed by atoms with Gasteiger partial charge < -0.3 is 15.5 Å². The van der Waals surface area contributed by atoms with Gasteiger partial charge in [0.1, 0.15) is 5.82 Å². The molecule has 1 fully saturated rings. The minimum atomic E-state index is -1.08. The molecule has 0 aliphatic heterocycles. The summed E-state index contributed by atoms with van der Waals surface area (Å²) in [4.78, 5) is 15.0. The molecule has 0 amide bonds. The van der Waals surface area contributed by atoms with Gasteiger partial charge in [-0.15, -0.1) is 0 Å². The number of nitrogens with zero attached hydrogens (tertiary/aromatic N) is 1. The second-order valence-corrected chi connectivity index (χ2v) is 5.53.